The standard InChI is InChI=1S/C10H19N3O2/c1-8-4-3-5-13(6-8)7-9(14)12-10(15)11-2/h8H,3-7H2,1-2H3,(H2,11,12,14,15)/t8-/m1/s1. The Morgan fingerprint density at radius 1 is 1.47 bits per heavy atom. The van der Waals surface area contributed by atoms with Gasteiger partial charge in [-0.05, 0) is 25.3 Å². The van der Waals surface area contributed by atoms with Gasteiger partial charge in [-0.15, -0.1) is 0 Å². The quantitative estimate of drug-likeness (QED) is 0.687. The van der Waals surface area contributed by atoms with Crippen LogP contribution >= 0.6 is 0 Å². The van der Waals surface area contributed by atoms with Crippen molar-refractivity contribution in [3.8, 4) is 0 Å². The number of nitrogens with zero attached hydrogens (tertiary/aromatic N) is 1. The molecule has 1 rings (SSSR count). The molecule has 86 valence electrons. The summed E-state index contributed by atoms with van der Waals surface area (Å²) in [7, 11) is 1.49. The zero-order chi connectivity index (χ0) is 11.3. The number of carbonyl (C=O) groups is 2. The van der Waals surface area contributed by atoms with Gasteiger partial charge in [0.25, 0.3) is 0 Å². The van der Waals surface area contributed by atoms with Crippen molar-refractivity contribution in [3.63, 3.8) is 0 Å². The average Bonchev–Trinajstić information content (AvgIpc) is 2.17. The molecule has 3 amide bonds. The van der Waals surface area contributed by atoms with E-state index in [1.165, 1.54) is 13.5 Å². The van der Waals surface area contributed by atoms with Crippen LogP contribution in [0.3, 0.4) is 0 Å². The van der Waals surface area contributed by atoms with E-state index in [4.69, 9.17) is 0 Å². The third kappa shape index (κ3) is 4.29. The number of hydrogen-bond donors (Lipinski definition) is 2. The first-order valence-corrected chi connectivity index (χ1v) is 5.35. The van der Waals surface area contributed by atoms with Gasteiger partial charge in [0, 0.05) is 13.6 Å². The maximum absolute atomic E-state index is 11.4. The highest BCUT2D eigenvalue weighted by molar-refractivity contribution is 5.95. The van der Waals surface area contributed by atoms with Gasteiger partial charge >= 0.3 is 6.03 Å². The summed E-state index contributed by atoms with van der Waals surface area (Å²) in [6, 6.07) is -0.440. The minimum Gasteiger partial charge on any atom is -0.341 e. The molecule has 1 atom stereocenters. The fourth-order valence-electron chi connectivity index (χ4n) is 1.86. The van der Waals surface area contributed by atoms with Crippen LogP contribution < -0.4 is 10.6 Å². The summed E-state index contributed by atoms with van der Waals surface area (Å²) in [5, 5.41) is 4.61. The second-order valence-electron chi connectivity index (χ2n) is 4.11. The molecule has 0 radical (unpaired) electrons. The van der Waals surface area contributed by atoms with E-state index >= 15 is 0 Å². The van der Waals surface area contributed by atoms with E-state index in [1.54, 1.807) is 0 Å². The molecule has 5 nitrogen and oxygen atoms in total. The molecule has 2 N–H and O–H groups in total. The first-order valence-electron chi connectivity index (χ1n) is 5.35. The number of imide groups is 1. The van der Waals surface area contributed by atoms with Gasteiger partial charge in [-0.25, -0.2) is 4.79 Å². The number of urea groups is 1. The predicted octanol–water partition coefficient (Wildman–Crippen LogP) is 0.174. The van der Waals surface area contributed by atoms with Gasteiger partial charge in [0.2, 0.25) is 5.91 Å². The normalized spacial score (nSPS) is 22.1. The molecule has 1 aliphatic rings. The minimum atomic E-state index is -0.440. The minimum absolute atomic E-state index is 0.233. The Labute approximate surface area is 90.2 Å². The van der Waals surface area contributed by atoms with Crippen molar-refractivity contribution < 1.29 is 9.59 Å². The van der Waals surface area contributed by atoms with Gasteiger partial charge in [-0.2, -0.15) is 0 Å². The summed E-state index contributed by atoms with van der Waals surface area (Å²) in [6.45, 7) is 4.40. The van der Waals surface area contributed by atoms with Crippen LogP contribution in [0.5, 0.6) is 0 Å². The lowest BCUT2D eigenvalue weighted by Crippen LogP contribution is -2.45. The number of amides is 3. The number of hydrogen-bond acceptors (Lipinski definition) is 3. The molecule has 0 saturated carbocycles. The van der Waals surface area contributed by atoms with E-state index < -0.39 is 6.03 Å². The van der Waals surface area contributed by atoms with Crippen LogP contribution in [0.2, 0.25) is 0 Å². The molecule has 0 unspecified atom stereocenters. The zero-order valence-corrected chi connectivity index (χ0v) is 9.38. The molecule has 15 heavy (non-hydrogen) atoms. The second kappa shape index (κ2) is 5.70. The summed E-state index contributed by atoms with van der Waals surface area (Å²) in [5.41, 5.74) is 0. The molecule has 0 spiro atoms. The smallest absolute Gasteiger partial charge is 0.321 e. The fraction of sp³-hybridized carbons (Fsp3) is 0.800. The fourth-order valence-corrected chi connectivity index (χ4v) is 1.86. The van der Waals surface area contributed by atoms with Crippen molar-refractivity contribution in [1.29, 1.82) is 0 Å². The molecule has 0 aromatic rings. The summed E-state index contributed by atoms with van der Waals surface area (Å²) in [5.74, 6) is 0.412. The number of likely N-dealkylation sites (tertiary alicyclic amines) is 1. The van der Waals surface area contributed by atoms with Crippen molar-refractivity contribution >= 4 is 11.9 Å². The van der Waals surface area contributed by atoms with Crippen molar-refractivity contribution in [2.24, 2.45) is 5.92 Å². The largest absolute Gasteiger partial charge is 0.341 e. The van der Waals surface area contributed by atoms with Gasteiger partial charge in [-0.3, -0.25) is 15.0 Å². The Bertz CT molecular complexity index is 243. The molecular weight excluding hydrogens is 194 g/mol. The maximum Gasteiger partial charge on any atom is 0.321 e. The Kier molecular flexibility index (Phi) is 4.55. The molecule has 0 aromatic heterocycles. The van der Waals surface area contributed by atoms with E-state index in [2.05, 4.69) is 22.5 Å². The average molecular weight is 213 g/mol. The summed E-state index contributed by atoms with van der Waals surface area (Å²) in [6.07, 6.45) is 2.36. The van der Waals surface area contributed by atoms with Crippen LogP contribution in [-0.2, 0) is 4.79 Å². The highest BCUT2D eigenvalue weighted by atomic mass is 16.2. The SMILES string of the molecule is CNC(=O)NC(=O)CN1CCC[C@@H](C)C1. The highest BCUT2D eigenvalue weighted by Crippen LogP contribution is 2.14. The Hall–Kier alpha value is -1.10. The predicted molar refractivity (Wildman–Crippen MR) is 57.4 cm³/mol. The molecular formula is C10H19N3O2. The number of piperidine rings is 1. The van der Waals surface area contributed by atoms with Gasteiger partial charge in [-0.1, -0.05) is 6.92 Å². The van der Waals surface area contributed by atoms with Crippen molar-refractivity contribution in [3.05, 3.63) is 0 Å². The van der Waals surface area contributed by atoms with Gasteiger partial charge in [0.1, 0.15) is 0 Å². The van der Waals surface area contributed by atoms with Crippen molar-refractivity contribution in [2.75, 3.05) is 26.7 Å². The lowest BCUT2D eigenvalue weighted by molar-refractivity contribution is -0.121. The summed E-state index contributed by atoms with van der Waals surface area (Å²) in [4.78, 5) is 24.3. The van der Waals surface area contributed by atoms with Gasteiger partial charge < -0.3 is 5.32 Å². The van der Waals surface area contributed by atoms with Crippen LogP contribution in [0.15, 0.2) is 0 Å². The lowest BCUT2D eigenvalue weighted by Gasteiger charge is -2.29. The third-order valence-electron chi connectivity index (χ3n) is 2.59. The van der Waals surface area contributed by atoms with Gasteiger partial charge in [0.05, 0.1) is 6.54 Å². The molecule has 0 bridgehead atoms. The third-order valence-corrected chi connectivity index (χ3v) is 2.59. The Morgan fingerprint density at radius 2 is 2.20 bits per heavy atom. The zero-order valence-electron chi connectivity index (χ0n) is 9.38. The molecule has 1 aliphatic heterocycles. The van der Waals surface area contributed by atoms with E-state index in [1.807, 2.05) is 0 Å². The Balaban J connectivity index is 2.27. The summed E-state index contributed by atoms with van der Waals surface area (Å²) >= 11 is 0. The monoisotopic (exact) mass is 213 g/mol. The maximum atomic E-state index is 11.4. The first kappa shape index (κ1) is 12.0. The lowest BCUT2D eigenvalue weighted by atomic mass is 10.0. The van der Waals surface area contributed by atoms with Crippen LogP contribution in [0.25, 0.3) is 0 Å². The second-order valence-corrected chi connectivity index (χ2v) is 4.11. The van der Waals surface area contributed by atoms with Crippen molar-refractivity contribution in [2.45, 2.75) is 19.8 Å². The Morgan fingerprint density at radius 3 is 2.80 bits per heavy atom. The van der Waals surface area contributed by atoms with Crippen LogP contribution in [0, 0.1) is 5.92 Å². The van der Waals surface area contributed by atoms with Crippen molar-refractivity contribution in [1.82, 2.24) is 15.5 Å². The van der Waals surface area contributed by atoms with E-state index in [-0.39, 0.29) is 5.91 Å². The molecule has 0 aliphatic carbocycles. The van der Waals surface area contributed by atoms with Crippen LogP contribution in [-0.4, -0.2) is 43.5 Å². The molecule has 1 fully saturated rings. The first-order chi connectivity index (χ1) is 7.11. The van der Waals surface area contributed by atoms with E-state index in [0.717, 1.165) is 19.5 Å². The molecule has 5 heteroatoms. The van der Waals surface area contributed by atoms with E-state index in [0.29, 0.717) is 12.5 Å². The number of carbonyl (C=O) groups excluding carboxylic acids is 2. The highest BCUT2D eigenvalue weighted by Gasteiger charge is 2.18. The summed E-state index contributed by atoms with van der Waals surface area (Å²) < 4.78 is 0. The molecule has 0 aromatic carbocycles. The van der Waals surface area contributed by atoms with Gasteiger partial charge in [0.15, 0.2) is 0 Å². The number of nitrogens with one attached hydrogen (secondary N) is 2. The number of rotatable bonds is 2. The molecule has 1 heterocycles. The van der Waals surface area contributed by atoms with E-state index in [9.17, 15) is 9.59 Å². The van der Waals surface area contributed by atoms with Crippen LogP contribution in [0.1, 0.15) is 19.8 Å². The molecule has 1 saturated heterocycles. The topological polar surface area (TPSA) is 61.4 Å². The van der Waals surface area contributed by atoms with Crippen LogP contribution in [0.4, 0.5) is 4.79 Å².